The molecular weight excluding hydrogens is 301 g/mol. The third-order valence-electron chi connectivity index (χ3n) is 1.11. The van der Waals surface area contributed by atoms with Gasteiger partial charge in [-0.2, -0.15) is 0 Å². The molecule has 0 saturated heterocycles. The molecule has 11 heavy (non-hydrogen) atoms. The van der Waals surface area contributed by atoms with E-state index in [2.05, 4.69) is 31.0 Å². The SMILES string of the molecule is Fc1cccc(F)c1P(Br)Br. The highest BCUT2D eigenvalue weighted by molar-refractivity contribution is 9.70. The maximum Gasteiger partial charge on any atom is 0.135 e. The molecule has 0 spiro atoms. The van der Waals surface area contributed by atoms with Crippen LogP contribution in [-0.2, 0) is 0 Å². The summed E-state index contributed by atoms with van der Waals surface area (Å²) in [5, 5.41) is -0.990. The second kappa shape index (κ2) is 3.92. The van der Waals surface area contributed by atoms with Gasteiger partial charge in [0.2, 0.25) is 0 Å². The molecule has 0 aliphatic rings. The summed E-state index contributed by atoms with van der Waals surface area (Å²) in [6.45, 7) is 0. The van der Waals surface area contributed by atoms with Gasteiger partial charge in [0.1, 0.15) is 11.6 Å². The summed E-state index contributed by atoms with van der Waals surface area (Å²) in [4.78, 5) is 0. The largest absolute Gasteiger partial charge is 0.206 e. The molecule has 0 amide bonds. The summed E-state index contributed by atoms with van der Waals surface area (Å²) >= 11 is 6.17. The average molecular weight is 304 g/mol. The van der Waals surface area contributed by atoms with Crippen molar-refractivity contribution in [3.05, 3.63) is 29.8 Å². The highest BCUT2D eigenvalue weighted by atomic mass is 79.9. The van der Waals surface area contributed by atoms with Gasteiger partial charge in [-0.15, -0.1) is 0 Å². The monoisotopic (exact) mass is 302 g/mol. The van der Waals surface area contributed by atoms with Crippen molar-refractivity contribution in [1.29, 1.82) is 0 Å². The molecule has 1 aromatic rings. The molecule has 0 N–H and O–H groups in total. The molecule has 1 rings (SSSR count). The highest BCUT2D eigenvalue weighted by Crippen LogP contribution is 2.51. The van der Waals surface area contributed by atoms with Crippen LogP contribution in [-0.4, -0.2) is 0 Å². The smallest absolute Gasteiger partial charge is 0.135 e. The molecule has 0 bridgehead atoms. The average Bonchev–Trinajstić information content (AvgIpc) is 1.85. The van der Waals surface area contributed by atoms with E-state index in [1.54, 1.807) is 0 Å². The van der Waals surface area contributed by atoms with Crippen LogP contribution in [0.3, 0.4) is 0 Å². The Bertz CT molecular complexity index is 245. The first-order valence-corrected chi connectivity index (χ1v) is 8.06. The molecule has 0 aliphatic carbocycles. The molecular formula is C6H3Br2F2P. The lowest BCUT2D eigenvalue weighted by molar-refractivity contribution is 0.598. The van der Waals surface area contributed by atoms with E-state index in [9.17, 15) is 8.78 Å². The van der Waals surface area contributed by atoms with E-state index in [-0.39, 0.29) is 5.30 Å². The van der Waals surface area contributed by atoms with Crippen molar-refractivity contribution in [1.82, 2.24) is 0 Å². The van der Waals surface area contributed by atoms with Crippen LogP contribution in [0.25, 0.3) is 0 Å². The topological polar surface area (TPSA) is 0 Å². The van der Waals surface area contributed by atoms with E-state index in [1.807, 2.05) is 0 Å². The van der Waals surface area contributed by atoms with Gasteiger partial charge < -0.3 is 0 Å². The van der Waals surface area contributed by atoms with Gasteiger partial charge in [0.25, 0.3) is 0 Å². The Hall–Kier alpha value is 0.470. The Labute approximate surface area is 80.2 Å². The third-order valence-corrected chi connectivity index (χ3v) is 4.00. The first-order chi connectivity index (χ1) is 5.13. The van der Waals surface area contributed by atoms with Crippen molar-refractivity contribution in [3.8, 4) is 0 Å². The first kappa shape index (κ1) is 9.56. The molecule has 0 radical (unpaired) electrons. The molecule has 0 aliphatic heterocycles. The lowest BCUT2D eigenvalue weighted by atomic mass is 10.3. The molecule has 60 valence electrons. The molecule has 0 unspecified atom stereocenters. The summed E-state index contributed by atoms with van der Waals surface area (Å²) in [6, 6.07) is 3.81. The maximum atomic E-state index is 12.8. The van der Waals surface area contributed by atoms with Gasteiger partial charge in [-0.25, -0.2) is 8.78 Å². The van der Waals surface area contributed by atoms with Crippen molar-refractivity contribution in [2.24, 2.45) is 0 Å². The van der Waals surface area contributed by atoms with E-state index >= 15 is 0 Å². The van der Waals surface area contributed by atoms with Crippen molar-refractivity contribution in [2.45, 2.75) is 0 Å². The fraction of sp³-hybridized carbons (Fsp3) is 0. The summed E-state index contributed by atoms with van der Waals surface area (Å²) in [6.07, 6.45) is 0. The second-order valence-electron chi connectivity index (χ2n) is 1.80. The van der Waals surface area contributed by atoms with Crippen LogP contribution in [0.5, 0.6) is 0 Å². The molecule has 5 heteroatoms. The number of hydrogen-bond donors (Lipinski definition) is 0. The van der Waals surface area contributed by atoms with Gasteiger partial charge >= 0.3 is 0 Å². The van der Waals surface area contributed by atoms with Crippen LogP contribution in [0.15, 0.2) is 18.2 Å². The van der Waals surface area contributed by atoms with Gasteiger partial charge in [-0.1, -0.05) is 6.07 Å². The van der Waals surface area contributed by atoms with E-state index < -0.39 is 17.0 Å². The van der Waals surface area contributed by atoms with Crippen molar-refractivity contribution < 1.29 is 8.78 Å². The Morgan fingerprint density at radius 3 is 1.82 bits per heavy atom. The second-order valence-corrected chi connectivity index (χ2v) is 9.83. The first-order valence-electron chi connectivity index (χ1n) is 2.68. The maximum absolute atomic E-state index is 12.8. The molecule has 0 heterocycles. The zero-order chi connectivity index (χ0) is 8.43. The Kier molecular flexibility index (Phi) is 3.41. The zero-order valence-corrected chi connectivity index (χ0v) is 9.26. The van der Waals surface area contributed by atoms with E-state index in [0.29, 0.717) is 0 Å². The number of benzene rings is 1. The lowest BCUT2D eigenvalue weighted by Crippen LogP contribution is -2.06. The lowest BCUT2D eigenvalue weighted by Gasteiger charge is -2.03. The van der Waals surface area contributed by atoms with E-state index in [1.165, 1.54) is 18.2 Å². The predicted octanol–water partition coefficient (Wildman–Crippen LogP) is 3.69. The normalized spacial score (nSPS) is 10.6. The van der Waals surface area contributed by atoms with Crippen LogP contribution < -0.4 is 5.30 Å². The summed E-state index contributed by atoms with van der Waals surface area (Å²) < 4.78 is 25.6. The van der Waals surface area contributed by atoms with E-state index in [4.69, 9.17) is 0 Å². The number of halogens is 4. The Morgan fingerprint density at radius 1 is 1.09 bits per heavy atom. The number of rotatable bonds is 1. The molecule has 0 saturated carbocycles. The van der Waals surface area contributed by atoms with Gasteiger partial charge in [0.05, 0.1) is 10.6 Å². The molecule has 0 aromatic heterocycles. The standard InChI is InChI=1S/C6H3Br2F2P/c7-11(8)6-4(9)2-1-3-5(6)10/h1-3H. The minimum atomic E-state index is -1.06. The molecule has 0 atom stereocenters. The van der Waals surface area contributed by atoms with Gasteiger partial charge in [0, 0.05) is 0 Å². The zero-order valence-electron chi connectivity index (χ0n) is 5.19. The molecule has 1 aromatic carbocycles. The van der Waals surface area contributed by atoms with Gasteiger partial charge in [-0.3, -0.25) is 0 Å². The van der Waals surface area contributed by atoms with Crippen LogP contribution in [0.1, 0.15) is 0 Å². The van der Waals surface area contributed by atoms with Crippen molar-refractivity contribution in [2.75, 3.05) is 0 Å². The van der Waals surface area contributed by atoms with Crippen LogP contribution in [0.2, 0.25) is 0 Å². The fourth-order valence-corrected chi connectivity index (χ4v) is 3.16. The third kappa shape index (κ3) is 2.20. The Morgan fingerprint density at radius 2 is 1.55 bits per heavy atom. The minimum Gasteiger partial charge on any atom is -0.206 e. The predicted molar refractivity (Wildman–Crippen MR) is 50.8 cm³/mol. The quantitative estimate of drug-likeness (QED) is 0.694. The van der Waals surface area contributed by atoms with Crippen molar-refractivity contribution in [3.63, 3.8) is 0 Å². The molecule has 0 fully saturated rings. The fourth-order valence-electron chi connectivity index (χ4n) is 0.651. The Balaban J connectivity index is 3.21. The summed E-state index contributed by atoms with van der Waals surface area (Å²) in [5.41, 5.74) is 0. The van der Waals surface area contributed by atoms with Gasteiger partial charge in [0.15, 0.2) is 0 Å². The highest BCUT2D eigenvalue weighted by Gasteiger charge is 2.13. The molecule has 0 nitrogen and oxygen atoms in total. The van der Waals surface area contributed by atoms with Crippen LogP contribution in [0, 0.1) is 11.6 Å². The van der Waals surface area contributed by atoms with Crippen LogP contribution >= 0.6 is 36.3 Å². The summed E-state index contributed by atoms with van der Waals surface area (Å²) in [7, 11) is 0. The van der Waals surface area contributed by atoms with E-state index in [0.717, 1.165) is 0 Å². The van der Waals surface area contributed by atoms with Crippen molar-refractivity contribution >= 4 is 41.6 Å². The minimum absolute atomic E-state index is 0.0718. The van der Waals surface area contributed by atoms with Gasteiger partial charge in [-0.05, 0) is 43.1 Å². The van der Waals surface area contributed by atoms with Crippen LogP contribution in [0.4, 0.5) is 8.78 Å². The summed E-state index contributed by atoms with van der Waals surface area (Å²) in [5.74, 6) is -1.05. The number of hydrogen-bond acceptors (Lipinski definition) is 0.